The third-order valence-corrected chi connectivity index (χ3v) is 5.07. The van der Waals surface area contributed by atoms with E-state index in [1.807, 2.05) is 72.6 Å². The standard InChI is InChI=1S/C26H24N2O3/c1-19-15-20(10-11-24(19)30-2)18-31-25-17-28(14-6-9-23(25)29)26-16-22(12-13-27-26)21-7-4-3-5-8-21/h3-8,10-17H,9,18H2,1-2H3. The zero-order chi connectivity index (χ0) is 21.6. The highest BCUT2D eigenvalue weighted by atomic mass is 16.5. The van der Waals surface area contributed by atoms with Crippen LogP contribution in [0.2, 0.25) is 0 Å². The average Bonchev–Trinajstić information content (AvgIpc) is 3.00. The number of Topliss-reactive ketones (excluding diaryl/α,β-unsaturated/α-hetero) is 1. The molecular weight excluding hydrogens is 388 g/mol. The van der Waals surface area contributed by atoms with Gasteiger partial charge < -0.3 is 14.4 Å². The Kier molecular flexibility index (Phi) is 6.13. The summed E-state index contributed by atoms with van der Waals surface area (Å²) in [5.74, 6) is 1.79. The lowest BCUT2D eigenvalue weighted by Crippen LogP contribution is -2.12. The minimum Gasteiger partial charge on any atom is -0.496 e. The number of aromatic nitrogens is 1. The molecule has 31 heavy (non-hydrogen) atoms. The summed E-state index contributed by atoms with van der Waals surface area (Å²) in [6, 6.07) is 19.9. The van der Waals surface area contributed by atoms with Gasteiger partial charge in [0, 0.05) is 18.8 Å². The van der Waals surface area contributed by atoms with Crippen LogP contribution in [0.25, 0.3) is 11.1 Å². The lowest BCUT2D eigenvalue weighted by atomic mass is 10.1. The summed E-state index contributed by atoms with van der Waals surface area (Å²) in [6.07, 6.45) is 7.43. The molecule has 0 radical (unpaired) electrons. The molecule has 156 valence electrons. The lowest BCUT2D eigenvalue weighted by molar-refractivity contribution is -0.118. The monoisotopic (exact) mass is 412 g/mol. The molecule has 0 bridgehead atoms. The third kappa shape index (κ3) is 4.83. The fourth-order valence-electron chi connectivity index (χ4n) is 3.44. The fourth-order valence-corrected chi connectivity index (χ4v) is 3.44. The first-order valence-electron chi connectivity index (χ1n) is 10.1. The second kappa shape index (κ2) is 9.30. The van der Waals surface area contributed by atoms with E-state index in [1.165, 1.54) is 0 Å². The molecule has 2 heterocycles. The first-order valence-corrected chi connectivity index (χ1v) is 10.1. The van der Waals surface area contributed by atoms with Crippen molar-refractivity contribution in [3.05, 3.63) is 102 Å². The largest absolute Gasteiger partial charge is 0.496 e. The maximum absolute atomic E-state index is 12.6. The van der Waals surface area contributed by atoms with Crippen molar-refractivity contribution in [2.24, 2.45) is 0 Å². The molecule has 0 spiro atoms. The van der Waals surface area contributed by atoms with Crippen molar-refractivity contribution in [3.63, 3.8) is 0 Å². The fraction of sp³-hybridized carbons (Fsp3) is 0.154. The van der Waals surface area contributed by atoms with E-state index in [9.17, 15) is 4.79 Å². The van der Waals surface area contributed by atoms with Crippen LogP contribution in [0.5, 0.6) is 5.75 Å². The first-order chi connectivity index (χ1) is 15.1. The minimum atomic E-state index is -0.0665. The van der Waals surface area contributed by atoms with E-state index >= 15 is 0 Å². The molecule has 0 N–H and O–H groups in total. The summed E-state index contributed by atoms with van der Waals surface area (Å²) in [5, 5.41) is 0. The van der Waals surface area contributed by atoms with Crippen LogP contribution in [0.1, 0.15) is 17.5 Å². The predicted octanol–water partition coefficient (Wildman–Crippen LogP) is 5.42. The van der Waals surface area contributed by atoms with Gasteiger partial charge in [0.2, 0.25) is 5.78 Å². The van der Waals surface area contributed by atoms with Crippen LogP contribution in [0.4, 0.5) is 5.82 Å². The Morgan fingerprint density at radius 2 is 1.87 bits per heavy atom. The van der Waals surface area contributed by atoms with Crippen LogP contribution in [-0.4, -0.2) is 17.9 Å². The number of carbonyl (C=O) groups is 1. The van der Waals surface area contributed by atoms with Crippen molar-refractivity contribution >= 4 is 11.6 Å². The molecule has 1 aliphatic rings. The van der Waals surface area contributed by atoms with E-state index in [0.29, 0.717) is 18.2 Å². The lowest BCUT2D eigenvalue weighted by Gasteiger charge is -2.16. The van der Waals surface area contributed by atoms with Crippen LogP contribution in [0.3, 0.4) is 0 Å². The number of hydrogen-bond acceptors (Lipinski definition) is 5. The molecule has 0 unspecified atom stereocenters. The van der Waals surface area contributed by atoms with Gasteiger partial charge in [-0.2, -0.15) is 0 Å². The van der Waals surface area contributed by atoms with E-state index in [-0.39, 0.29) is 12.2 Å². The molecular formula is C26H24N2O3. The number of pyridine rings is 1. The summed E-state index contributed by atoms with van der Waals surface area (Å²) >= 11 is 0. The highest BCUT2D eigenvalue weighted by molar-refractivity contribution is 5.95. The van der Waals surface area contributed by atoms with Gasteiger partial charge in [0.25, 0.3) is 0 Å². The number of allylic oxidation sites excluding steroid dienone is 2. The van der Waals surface area contributed by atoms with Crippen LogP contribution in [0, 0.1) is 6.92 Å². The van der Waals surface area contributed by atoms with Crippen molar-refractivity contribution < 1.29 is 14.3 Å². The molecule has 5 heteroatoms. The van der Waals surface area contributed by atoms with Crippen LogP contribution in [-0.2, 0) is 16.1 Å². The smallest absolute Gasteiger partial charge is 0.202 e. The molecule has 0 aliphatic carbocycles. The molecule has 1 aromatic heterocycles. The number of anilines is 1. The van der Waals surface area contributed by atoms with Crippen molar-refractivity contribution in [1.29, 1.82) is 0 Å². The molecule has 1 aliphatic heterocycles. The van der Waals surface area contributed by atoms with Gasteiger partial charge in [0.1, 0.15) is 18.2 Å². The molecule has 0 amide bonds. The summed E-state index contributed by atoms with van der Waals surface area (Å²) in [7, 11) is 1.65. The second-order valence-electron chi connectivity index (χ2n) is 7.27. The molecule has 0 saturated carbocycles. The predicted molar refractivity (Wildman–Crippen MR) is 122 cm³/mol. The number of methoxy groups -OCH3 is 1. The summed E-state index contributed by atoms with van der Waals surface area (Å²) < 4.78 is 11.2. The van der Waals surface area contributed by atoms with E-state index in [1.54, 1.807) is 19.5 Å². The maximum atomic E-state index is 12.6. The average molecular weight is 412 g/mol. The number of ether oxygens (including phenoxy) is 2. The van der Waals surface area contributed by atoms with Crippen LogP contribution >= 0.6 is 0 Å². The summed E-state index contributed by atoms with van der Waals surface area (Å²) in [5.41, 5.74) is 4.16. The molecule has 4 rings (SSSR count). The van der Waals surface area contributed by atoms with E-state index < -0.39 is 0 Å². The highest BCUT2D eigenvalue weighted by Gasteiger charge is 2.17. The van der Waals surface area contributed by atoms with Crippen molar-refractivity contribution in [3.8, 4) is 16.9 Å². The second-order valence-corrected chi connectivity index (χ2v) is 7.27. The van der Waals surface area contributed by atoms with Gasteiger partial charge in [-0.15, -0.1) is 0 Å². The van der Waals surface area contributed by atoms with Crippen molar-refractivity contribution in [2.45, 2.75) is 20.0 Å². The Hall–Kier alpha value is -3.86. The van der Waals surface area contributed by atoms with E-state index in [2.05, 4.69) is 17.1 Å². The van der Waals surface area contributed by atoms with E-state index in [0.717, 1.165) is 28.0 Å². The third-order valence-electron chi connectivity index (χ3n) is 5.07. The van der Waals surface area contributed by atoms with E-state index in [4.69, 9.17) is 9.47 Å². The van der Waals surface area contributed by atoms with Gasteiger partial charge in [-0.3, -0.25) is 4.79 Å². The Morgan fingerprint density at radius 3 is 2.65 bits per heavy atom. The van der Waals surface area contributed by atoms with Crippen LogP contribution in [0.15, 0.2) is 91.1 Å². The van der Waals surface area contributed by atoms with Gasteiger partial charge >= 0.3 is 0 Å². The number of ketones is 1. The molecule has 3 aromatic rings. The van der Waals surface area contributed by atoms with Crippen molar-refractivity contribution in [2.75, 3.05) is 12.0 Å². The number of rotatable bonds is 6. The Labute approximate surface area is 182 Å². The minimum absolute atomic E-state index is 0.0665. The number of benzene rings is 2. The molecule has 5 nitrogen and oxygen atoms in total. The summed E-state index contributed by atoms with van der Waals surface area (Å²) in [6.45, 7) is 2.28. The number of hydrogen-bond donors (Lipinski definition) is 0. The van der Waals surface area contributed by atoms with Gasteiger partial charge in [0.15, 0.2) is 5.76 Å². The Morgan fingerprint density at radius 1 is 1.03 bits per heavy atom. The zero-order valence-corrected chi connectivity index (χ0v) is 17.6. The normalized spacial score (nSPS) is 13.5. The quantitative estimate of drug-likeness (QED) is 0.541. The Bertz CT molecular complexity index is 1140. The number of carbonyl (C=O) groups excluding carboxylic acids is 1. The maximum Gasteiger partial charge on any atom is 0.202 e. The molecule has 2 aromatic carbocycles. The van der Waals surface area contributed by atoms with Gasteiger partial charge in [-0.25, -0.2) is 4.98 Å². The summed E-state index contributed by atoms with van der Waals surface area (Å²) in [4.78, 5) is 18.9. The molecule has 0 fully saturated rings. The van der Waals surface area contributed by atoms with Gasteiger partial charge in [-0.05, 0) is 53.4 Å². The number of aryl methyl sites for hydroxylation is 1. The van der Waals surface area contributed by atoms with Gasteiger partial charge in [0.05, 0.1) is 13.3 Å². The molecule has 0 atom stereocenters. The SMILES string of the molecule is COc1ccc(COC2=CN(c3cc(-c4ccccc4)ccn3)C=CCC2=O)cc1C. The van der Waals surface area contributed by atoms with Crippen molar-refractivity contribution in [1.82, 2.24) is 4.98 Å². The topological polar surface area (TPSA) is 51.7 Å². The Balaban J connectivity index is 1.56. The zero-order valence-electron chi connectivity index (χ0n) is 17.6. The van der Waals surface area contributed by atoms with Crippen LogP contribution < -0.4 is 9.64 Å². The van der Waals surface area contributed by atoms with Gasteiger partial charge in [-0.1, -0.05) is 42.5 Å². The number of nitrogens with zero attached hydrogens (tertiary/aromatic N) is 2. The highest BCUT2D eigenvalue weighted by Crippen LogP contribution is 2.25. The first kappa shape index (κ1) is 20.4. The molecule has 0 saturated heterocycles.